The summed E-state index contributed by atoms with van der Waals surface area (Å²) in [6, 6.07) is 7.83. The van der Waals surface area contributed by atoms with E-state index in [2.05, 4.69) is 0 Å². The van der Waals surface area contributed by atoms with Crippen molar-refractivity contribution in [2.75, 3.05) is 26.2 Å². The average Bonchev–Trinajstić information content (AvgIpc) is 2.62. The third-order valence-corrected chi connectivity index (χ3v) is 5.80. The van der Waals surface area contributed by atoms with E-state index in [1.807, 2.05) is 19.1 Å². The average molecular weight is 347 g/mol. The smallest absolute Gasteiger partial charge is 0.246 e. The first kappa shape index (κ1) is 18.2. The van der Waals surface area contributed by atoms with Crippen LogP contribution < -0.4 is 0 Å². The molecule has 1 aliphatic heterocycles. The van der Waals surface area contributed by atoms with E-state index in [1.54, 1.807) is 11.0 Å². The van der Waals surface area contributed by atoms with Crippen LogP contribution in [0.2, 0.25) is 0 Å². The lowest BCUT2D eigenvalue weighted by Gasteiger charge is -2.33. The molecule has 0 bridgehead atoms. The summed E-state index contributed by atoms with van der Waals surface area (Å²) in [4.78, 5) is 13.8. The van der Waals surface area contributed by atoms with Gasteiger partial charge in [0.1, 0.15) is 0 Å². The number of nitriles is 1. The minimum absolute atomic E-state index is 0.0705. The Morgan fingerprint density at radius 2 is 1.83 bits per heavy atom. The molecule has 0 spiro atoms. The van der Waals surface area contributed by atoms with Crippen LogP contribution in [0.5, 0.6) is 0 Å². The third-order valence-electron chi connectivity index (χ3n) is 3.89. The molecule has 2 rings (SSSR count). The SMILES string of the molecule is CCCC=CC(=O)N1CCN(S(=O)(=O)c2ccc(C#N)cc2)CC1. The third kappa shape index (κ3) is 4.22. The van der Waals surface area contributed by atoms with E-state index in [9.17, 15) is 13.2 Å². The molecule has 0 unspecified atom stereocenters. The van der Waals surface area contributed by atoms with Crippen LogP contribution in [-0.4, -0.2) is 49.7 Å². The van der Waals surface area contributed by atoms with E-state index in [0.717, 1.165) is 12.8 Å². The van der Waals surface area contributed by atoms with Gasteiger partial charge < -0.3 is 4.90 Å². The Kier molecular flexibility index (Phi) is 6.12. The Hall–Kier alpha value is -2.17. The highest BCUT2D eigenvalue weighted by atomic mass is 32.2. The number of sulfonamides is 1. The molecular formula is C17H21N3O3S. The van der Waals surface area contributed by atoms with Gasteiger partial charge in [0.25, 0.3) is 0 Å². The highest BCUT2D eigenvalue weighted by Crippen LogP contribution is 2.18. The van der Waals surface area contributed by atoms with Crippen molar-refractivity contribution in [1.29, 1.82) is 5.26 Å². The molecule has 0 radical (unpaired) electrons. The summed E-state index contributed by atoms with van der Waals surface area (Å²) in [5, 5.41) is 8.79. The summed E-state index contributed by atoms with van der Waals surface area (Å²) in [6.45, 7) is 3.35. The van der Waals surface area contributed by atoms with Crippen molar-refractivity contribution in [3.63, 3.8) is 0 Å². The molecule has 1 saturated heterocycles. The highest BCUT2D eigenvalue weighted by Gasteiger charge is 2.29. The minimum atomic E-state index is -3.59. The number of rotatable bonds is 5. The van der Waals surface area contributed by atoms with E-state index in [0.29, 0.717) is 18.7 Å². The van der Waals surface area contributed by atoms with Crippen LogP contribution in [0.4, 0.5) is 0 Å². The minimum Gasteiger partial charge on any atom is -0.337 e. The molecule has 6 nitrogen and oxygen atoms in total. The fourth-order valence-electron chi connectivity index (χ4n) is 2.46. The largest absolute Gasteiger partial charge is 0.337 e. The number of carbonyl (C=O) groups is 1. The number of carbonyl (C=O) groups excluding carboxylic acids is 1. The van der Waals surface area contributed by atoms with Crippen molar-refractivity contribution >= 4 is 15.9 Å². The molecule has 24 heavy (non-hydrogen) atoms. The molecule has 0 aromatic heterocycles. The van der Waals surface area contributed by atoms with Gasteiger partial charge in [0.15, 0.2) is 0 Å². The monoisotopic (exact) mass is 347 g/mol. The van der Waals surface area contributed by atoms with Gasteiger partial charge in [-0.3, -0.25) is 4.79 Å². The summed E-state index contributed by atoms with van der Waals surface area (Å²) in [5.74, 6) is -0.0705. The fourth-order valence-corrected chi connectivity index (χ4v) is 3.88. The Labute approximate surface area is 143 Å². The second-order valence-electron chi connectivity index (χ2n) is 5.56. The first-order valence-electron chi connectivity index (χ1n) is 7.95. The maximum atomic E-state index is 12.6. The molecule has 0 atom stereocenters. The molecule has 128 valence electrons. The van der Waals surface area contributed by atoms with E-state index in [4.69, 9.17) is 5.26 Å². The van der Waals surface area contributed by atoms with Crippen LogP contribution in [0, 0.1) is 11.3 Å². The van der Waals surface area contributed by atoms with Gasteiger partial charge in [0.2, 0.25) is 15.9 Å². The summed E-state index contributed by atoms with van der Waals surface area (Å²) < 4.78 is 26.6. The molecule has 1 aromatic rings. The molecule has 1 aromatic carbocycles. The lowest BCUT2D eigenvalue weighted by molar-refractivity contribution is -0.127. The van der Waals surface area contributed by atoms with Gasteiger partial charge in [-0.2, -0.15) is 9.57 Å². The Morgan fingerprint density at radius 3 is 2.38 bits per heavy atom. The Balaban J connectivity index is 2.00. The number of unbranched alkanes of at least 4 members (excludes halogenated alkanes) is 1. The van der Waals surface area contributed by atoms with Crippen LogP contribution in [-0.2, 0) is 14.8 Å². The first-order chi connectivity index (χ1) is 11.5. The Bertz CT molecular complexity index is 740. The van der Waals surface area contributed by atoms with Crippen LogP contribution in [0.25, 0.3) is 0 Å². The highest BCUT2D eigenvalue weighted by molar-refractivity contribution is 7.89. The molecule has 1 aliphatic rings. The molecule has 1 heterocycles. The molecule has 1 amide bonds. The number of nitrogens with zero attached hydrogens (tertiary/aromatic N) is 3. The number of hydrogen-bond donors (Lipinski definition) is 0. The van der Waals surface area contributed by atoms with E-state index < -0.39 is 10.0 Å². The van der Waals surface area contributed by atoms with Crippen LogP contribution in [0.3, 0.4) is 0 Å². The zero-order valence-corrected chi connectivity index (χ0v) is 14.5. The van der Waals surface area contributed by atoms with Gasteiger partial charge in [-0.15, -0.1) is 0 Å². The summed E-state index contributed by atoms with van der Waals surface area (Å²) in [7, 11) is -3.59. The van der Waals surface area contributed by atoms with Crippen LogP contribution in [0.1, 0.15) is 25.3 Å². The fraction of sp³-hybridized carbons (Fsp3) is 0.412. The number of benzene rings is 1. The zero-order valence-electron chi connectivity index (χ0n) is 13.7. The standard InChI is InChI=1S/C17H21N3O3S/c1-2-3-4-5-17(21)19-10-12-20(13-11-19)24(22,23)16-8-6-15(14-18)7-9-16/h4-9H,2-3,10-13H2,1H3. The van der Waals surface area contributed by atoms with Gasteiger partial charge in [-0.25, -0.2) is 8.42 Å². The molecule has 7 heteroatoms. The van der Waals surface area contributed by atoms with Crippen molar-refractivity contribution in [3.05, 3.63) is 42.0 Å². The number of allylic oxidation sites excluding steroid dienone is 1. The van der Waals surface area contributed by atoms with Crippen molar-refractivity contribution in [2.24, 2.45) is 0 Å². The normalized spacial score (nSPS) is 16.2. The zero-order chi connectivity index (χ0) is 17.6. The van der Waals surface area contributed by atoms with Crippen LogP contribution >= 0.6 is 0 Å². The maximum absolute atomic E-state index is 12.6. The predicted molar refractivity (Wildman–Crippen MR) is 90.5 cm³/mol. The molecule has 1 fully saturated rings. The van der Waals surface area contributed by atoms with E-state index in [1.165, 1.54) is 28.6 Å². The van der Waals surface area contributed by atoms with Gasteiger partial charge in [-0.1, -0.05) is 19.4 Å². The lowest BCUT2D eigenvalue weighted by Crippen LogP contribution is -2.50. The summed E-state index contributed by atoms with van der Waals surface area (Å²) in [6.07, 6.45) is 5.26. The van der Waals surface area contributed by atoms with Gasteiger partial charge in [0.05, 0.1) is 16.5 Å². The first-order valence-corrected chi connectivity index (χ1v) is 9.39. The molecule has 0 saturated carbocycles. The van der Waals surface area contributed by atoms with Crippen molar-refractivity contribution < 1.29 is 13.2 Å². The summed E-state index contributed by atoms with van der Waals surface area (Å²) in [5.41, 5.74) is 0.420. The number of amides is 1. The van der Waals surface area contributed by atoms with Gasteiger partial charge in [0, 0.05) is 26.2 Å². The van der Waals surface area contributed by atoms with Crippen molar-refractivity contribution in [1.82, 2.24) is 9.21 Å². The molecule has 0 aliphatic carbocycles. The maximum Gasteiger partial charge on any atom is 0.246 e. The number of hydrogen-bond acceptors (Lipinski definition) is 4. The van der Waals surface area contributed by atoms with E-state index >= 15 is 0 Å². The number of piperazine rings is 1. The van der Waals surface area contributed by atoms with Gasteiger partial charge >= 0.3 is 0 Å². The van der Waals surface area contributed by atoms with Crippen molar-refractivity contribution in [3.8, 4) is 6.07 Å². The molecule has 0 N–H and O–H groups in total. The lowest BCUT2D eigenvalue weighted by atomic mass is 10.2. The Morgan fingerprint density at radius 1 is 1.21 bits per heavy atom. The predicted octanol–water partition coefficient (Wildman–Crippen LogP) is 1.75. The van der Waals surface area contributed by atoms with Gasteiger partial charge in [-0.05, 0) is 36.8 Å². The second-order valence-corrected chi connectivity index (χ2v) is 7.49. The molecular weight excluding hydrogens is 326 g/mol. The van der Waals surface area contributed by atoms with Crippen molar-refractivity contribution in [2.45, 2.75) is 24.7 Å². The summed E-state index contributed by atoms with van der Waals surface area (Å²) >= 11 is 0. The quantitative estimate of drug-likeness (QED) is 0.760. The van der Waals surface area contributed by atoms with Crippen LogP contribution in [0.15, 0.2) is 41.3 Å². The van der Waals surface area contributed by atoms with E-state index in [-0.39, 0.29) is 23.9 Å². The topological polar surface area (TPSA) is 81.5 Å². The second kappa shape index (κ2) is 8.08.